The zero-order chi connectivity index (χ0) is 19.1. The highest BCUT2D eigenvalue weighted by Gasteiger charge is 2.27. The Kier molecular flexibility index (Phi) is 6.63. The largest absolute Gasteiger partial charge is 0.496 e. The number of methoxy groups -OCH3 is 1. The SMILES string of the molecule is CCC1CCCCN1C(=O)c1ccc(NCCc2ccccc2OC)nn1. The van der Waals surface area contributed by atoms with Crippen molar-refractivity contribution in [1.29, 1.82) is 0 Å². The molecule has 0 spiro atoms. The van der Waals surface area contributed by atoms with Gasteiger partial charge < -0.3 is 15.0 Å². The molecule has 144 valence electrons. The Labute approximate surface area is 160 Å². The lowest BCUT2D eigenvalue weighted by Gasteiger charge is -2.34. The van der Waals surface area contributed by atoms with Gasteiger partial charge in [-0.05, 0) is 55.9 Å². The van der Waals surface area contributed by atoms with Crippen molar-refractivity contribution in [2.75, 3.05) is 25.5 Å². The topological polar surface area (TPSA) is 67.4 Å². The first-order valence-corrected chi connectivity index (χ1v) is 9.73. The number of likely N-dealkylation sites (tertiary alicyclic amines) is 1. The molecule has 1 saturated heterocycles. The standard InChI is InChI=1S/C21H28N4O2/c1-3-17-9-6-7-15-25(17)21(26)18-11-12-20(24-23-18)22-14-13-16-8-4-5-10-19(16)27-2/h4-5,8,10-12,17H,3,6-7,9,13-15H2,1-2H3,(H,22,24). The van der Waals surface area contributed by atoms with Gasteiger partial charge in [-0.15, -0.1) is 10.2 Å². The molecule has 0 radical (unpaired) electrons. The van der Waals surface area contributed by atoms with E-state index >= 15 is 0 Å². The van der Waals surface area contributed by atoms with Crippen molar-refractivity contribution in [2.24, 2.45) is 0 Å². The van der Waals surface area contributed by atoms with Crippen LogP contribution < -0.4 is 10.1 Å². The average molecular weight is 368 g/mol. The number of carbonyl (C=O) groups excluding carboxylic acids is 1. The van der Waals surface area contributed by atoms with Gasteiger partial charge in [0.2, 0.25) is 0 Å². The van der Waals surface area contributed by atoms with Crippen LogP contribution in [0.5, 0.6) is 5.75 Å². The molecule has 2 aromatic rings. The minimum Gasteiger partial charge on any atom is -0.496 e. The molecule has 6 heteroatoms. The lowest BCUT2D eigenvalue weighted by atomic mass is 9.99. The summed E-state index contributed by atoms with van der Waals surface area (Å²) >= 11 is 0. The molecule has 27 heavy (non-hydrogen) atoms. The Morgan fingerprint density at radius 1 is 1.22 bits per heavy atom. The summed E-state index contributed by atoms with van der Waals surface area (Å²) in [5.74, 6) is 1.56. The first kappa shape index (κ1) is 19.1. The summed E-state index contributed by atoms with van der Waals surface area (Å²) in [6.45, 7) is 3.67. The van der Waals surface area contributed by atoms with Gasteiger partial charge in [0.15, 0.2) is 5.69 Å². The van der Waals surface area contributed by atoms with Crippen molar-refractivity contribution < 1.29 is 9.53 Å². The molecule has 1 aromatic heterocycles. The highest BCUT2D eigenvalue weighted by atomic mass is 16.5. The van der Waals surface area contributed by atoms with E-state index in [2.05, 4.69) is 28.5 Å². The van der Waals surface area contributed by atoms with Gasteiger partial charge in [-0.2, -0.15) is 0 Å². The Morgan fingerprint density at radius 2 is 2.07 bits per heavy atom. The summed E-state index contributed by atoms with van der Waals surface area (Å²) in [5.41, 5.74) is 1.56. The lowest BCUT2D eigenvalue weighted by Crippen LogP contribution is -2.43. The number of carbonyl (C=O) groups is 1. The quantitative estimate of drug-likeness (QED) is 0.810. The van der Waals surface area contributed by atoms with Crippen LogP contribution in [-0.4, -0.2) is 47.2 Å². The summed E-state index contributed by atoms with van der Waals surface area (Å²) in [6.07, 6.45) is 5.15. The molecule has 1 atom stereocenters. The van der Waals surface area contributed by atoms with E-state index < -0.39 is 0 Å². The highest BCUT2D eigenvalue weighted by Crippen LogP contribution is 2.21. The van der Waals surface area contributed by atoms with E-state index in [0.717, 1.165) is 43.5 Å². The molecule has 1 unspecified atom stereocenters. The molecule has 0 bridgehead atoms. The van der Waals surface area contributed by atoms with E-state index in [4.69, 9.17) is 4.74 Å². The van der Waals surface area contributed by atoms with Gasteiger partial charge in [0.05, 0.1) is 7.11 Å². The number of ether oxygens (including phenoxy) is 1. The molecule has 1 aliphatic heterocycles. The van der Waals surface area contributed by atoms with Crippen LogP contribution in [0.15, 0.2) is 36.4 Å². The molecule has 6 nitrogen and oxygen atoms in total. The van der Waals surface area contributed by atoms with Gasteiger partial charge in [0, 0.05) is 19.1 Å². The van der Waals surface area contributed by atoms with Crippen molar-refractivity contribution in [2.45, 2.75) is 45.1 Å². The normalized spacial score (nSPS) is 16.8. The third-order valence-corrected chi connectivity index (χ3v) is 5.14. The Bertz CT molecular complexity index is 748. The summed E-state index contributed by atoms with van der Waals surface area (Å²) in [6, 6.07) is 11.9. The number of anilines is 1. The molecular formula is C21H28N4O2. The van der Waals surface area contributed by atoms with E-state index in [0.29, 0.717) is 24.1 Å². The molecule has 1 aromatic carbocycles. The van der Waals surface area contributed by atoms with Crippen LogP contribution in [0, 0.1) is 0 Å². The van der Waals surface area contributed by atoms with E-state index in [1.165, 1.54) is 6.42 Å². The van der Waals surface area contributed by atoms with Crippen LogP contribution in [0.1, 0.15) is 48.7 Å². The van der Waals surface area contributed by atoms with Gasteiger partial charge in [-0.25, -0.2) is 0 Å². The van der Waals surface area contributed by atoms with Crippen molar-refractivity contribution in [1.82, 2.24) is 15.1 Å². The van der Waals surface area contributed by atoms with Gasteiger partial charge >= 0.3 is 0 Å². The maximum absolute atomic E-state index is 12.7. The van der Waals surface area contributed by atoms with E-state index in [1.54, 1.807) is 13.2 Å². The molecule has 1 amide bonds. The molecule has 1 N–H and O–H groups in total. The first-order chi connectivity index (χ1) is 13.2. The van der Waals surface area contributed by atoms with Crippen LogP contribution in [0.4, 0.5) is 5.82 Å². The summed E-state index contributed by atoms with van der Waals surface area (Å²) in [5, 5.41) is 11.6. The summed E-state index contributed by atoms with van der Waals surface area (Å²) in [7, 11) is 1.68. The highest BCUT2D eigenvalue weighted by molar-refractivity contribution is 5.92. The van der Waals surface area contributed by atoms with E-state index in [9.17, 15) is 4.79 Å². The number of para-hydroxylation sites is 1. The average Bonchev–Trinajstić information content (AvgIpc) is 2.74. The van der Waals surface area contributed by atoms with Gasteiger partial charge in [0.1, 0.15) is 11.6 Å². The Morgan fingerprint density at radius 3 is 2.81 bits per heavy atom. The van der Waals surface area contributed by atoms with Gasteiger partial charge in [0.25, 0.3) is 5.91 Å². The van der Waals surface area contributed by atoms with E-state index in [-0.39, 0.29) is 5.91 Å². The molecule has 0 saturated carbocycles. The smallest absolute Gasteiger partial charge is 0.274 e. The summed E-state index contributed by atoms with van der Waals surface area (Å²) < 4.78 is 5.37. The minimum atomic E-state index is -0.00498. The van der Waals surface area contributed by atoms with Gasteiger partial charge in [-0.1, -0.05) is 25.1 Å². The fourth-order valence-corrected chi connectivity index (χ4v) is 3.61. The van der Waals surface area contributed by atoms with Crippen molar-refractivity contribution >= 4 is 11.7 Å². The lowest BCUT2D eigenvalue weighted by molar-refractivity contribution is 0.0601. The van der Waals surface area contributed by atoms with Crippen molar-refractivity contribution in [3.8, 4) is 5.75 Å². The van der Waals surface area contributed by atoms with Crippen LogP contribution in [-0.2, 0) is 6.42 Å². The molecular weight excluding hydrogens is 340 g/mol. The monoisotopic (exact) mass is 368 g/mol. The van der Waals surface area contributed by atoms with Crippen molar-refractivity contribution in [3.05, 3.63) is 47.7 Å². The number of aromatic nitrogens is 2. The molecule has 3 rings (SSSR count). The predicted octanol–water partition coefficient (Wildman–Crippen LogP) is 3.54. The number of nitrogens with zero attached hydrogens (tertiary/aromatic N) is 3. The van der Waals surface area contributed by atoms with Crippen molar-refractivity contribution in [3.63, 3.8) is 0 Å². The number of rotatable bonds is 7. The summed E-state index contributed by atoms with van der Waals surface area (Å²) in [4.78, 5) is 14.7. The van der Waals surface area contributed by atoms with Crippen LogP contribution >= 0.6 is 0 Å². The van der Waals surface area contributed by atoms with Gasteiger partial charge in [-0.3, -0.25) is 4.79 Å². The zero-order valence-corrected chi connectivity index (χ0v) is 16.1. The fourth-order valence-electron chi connectivity index (χ4n) is 3.61. The second kappa shape index (κ2) is 9.35. The number of hydrogen-bond donors (Lipinski definition) is 1. The number of nitrogens with one attached hydrogen (secondary N) is 1. The number of hydrogen-bond acceptors (Lipinski definition) is 5. The Balaban J connectivity index is 1.56. The maximum Gasteiger partial charge on any atom is 0.274 e. The molecule has 0 aliphatic carbocycles. The molecule has 1 fully saturated rings. The predicted molar refractivity (Wildman–Crippen MR) is 106 cm³/mol. The second-order valence-electron chi connectivity index (χ2n) is 6.85. The first-order valence-electron chi connectivity index (χ1n) is 9.73. The second-order valence-corrected chi connectivity index (χ2v) is 6.85. The number of amides is 1. The van der Waals surface area contributed by atoms with Crippen LogP contribution in [0.2, 0.25) is 0 Å². The van der Waals surface area contributed by atoms with Crippen LogP contribution in [0.3, 0.4) is 0 Å². The molecule has 1 aliphatic rings. The molecule has 2 heterocycles. The minimum absolute atomic E-state index is 0.00498. The fraction of sp³-hybridized carbons (Fsp3) is 0.476. The number of benzene rings is 1. The Hall–Kier alpha value is -2.63. The zero-order valence-electron chi connectivity index (χ0n) is 16.1. The van der Waals surface area contributed by atoms with E-state index in [1.807, 2.05) is 29.2 Å². The third-order valence-electron chi connectivity index (χ3n) is 5.14. The number of piperidine rings is 1. The maximum atomic E-state index is 12.7. The third kappa shape index (κ3) is 4.76. The van der Waals surface area contributed by atoms with Crippen LogP contribution in [0.25, 0.3) is 0 Å².